The number of nitrogens with zero attached hydrogens (tertiary/aromatic N) is 3. The van der Waals surface area contributed by atoms with E-state index in [0.29, 0.717) is 23.4 Å². The molecule has 0 saturated heterocycles. The van der Waals surface area contributed by atoms with E-state index in [-0.39, 0.29) is 5.69 Å². The lowest BCUT2D eigenvalue weighted by Gasteiger charge is -2.07. The second kappa shape index (κ2) is 6.18. The quantitative estimate of drug-likeness (QED) is 0.684. The number of nitro benzene ring substituents is 1. The Hall–Kier alpha value is -3.38. The van der Waals surface area contributed by atoms with Gasteiger partial charge in [0.15, 0.2) is 0 Å². The zero-order chi connectivity index (χ0) is 15.2. The van der Waals surface area contributed by atoms with E-state index >= 15 is 0 Å². The summed E-state index contributed by atoms with van der Waals surface area (Å²) in [6.45, 7) is 0.467. The van der Waals surface area contributed by atoms with Crippen LogP contribution in [0.1, 0.15) is 16.7 Å². The van der Waals surface area contributed by atoms with Crippen molar-refractivity contribution in [1.29, 1.82) is 10.5 Å². The Kier molecular flexibility index (Phi) is 4.13. The van der Waals surface area contributed by atoms with Gasteiger partial charge in [0.1, 0.15) is 12.1 Å². The van der Waals surface area contributed by atoms with Crippen molar-refractivity contribution in [2.45, 2.75) is 6.54 Å². The monoisotopic (exact) mass is 278 g/mol. The van der Waals surface area contributed by atoms with Gasteiger partial charge in [0.05, 0.1) is 16.1 Å². The lowest BCUT2D eigenvalue weighted by molar-refractivity contribution is -0.384. The first kappa shape index (κ1) is 14.0. The van der Waals surface area contributed by atoms with E-state index in [9.17, 15) is 10.1 Å². The molecule has 1 N–H and O–H groups in total. The summed E-state index contributed by atoms with van der Waals surface area (Å²) in [5, 5.41) is 31.5. The molecule has 0 amide bonds. The largest absolute Gasteiger partial charge is 0.381 e. The maximum atomic E-state index is 10.6. The maximum absolute atomic E-state index is 10.6. The van der Waals surface area contributed by atoms with Crippen molar-refractivity contribution in [2.75, 3.05) is 5.32 Å². The molecule has 0 aliphatic rings. The predicted molar refractivity (Wildman–Crippen MR) is 76.3 cm³/mol. The number of hydrogen-bond donors (Lipinski definition) is 1. The fourth-order valence-electron chi connectivity index (χ4n) is 1.78. The number of hydrogen-bond acceptors (Lipinski definition) is 5. The number of nitro groups is 1. The summed E-state index contributed by atoms with van der Waals surface area (Å²) in [5.74, 6) is 0. The van der Waals surface area contributed by atoms with Gasteiger partial charge in [-0.15, -0.1) is 0 Å². The average Bonchev–Trinajstić information content (AvgIpc) is 2.52. The van der Waals surface area contributed by atoms with Gasteiger partial charge >= 0.3 is 0 Å². The van der Waals surface area contributed by atoms with Crippen molar-refractivity contribution in [1.82, 2.24) is 0 Å². The van der Waals surface area contributed by atoms with Crippen LogP contribution in [0.5, 0.6) is 0 Å². The Morgan fingerprint density at radius 3 is 2.29 bits per heavy atom. The Bertz CT molecular complexity index is 755. The number of anilines is 1. The zero-order valence-electron chi connectivity index (χ0n) is 10.9. The third-order valence-electron chi connectivity index (χ3n) is 2.90. The lowest BCUT2D eigenvalue weighted by atomic mass is 10.1. The molecule has 2 aromatic rings. The van der Waals surface area contributed by atoms with Gasteiger partial charge in [0, 0.05) is 24.4 Å². The minimum atomic E-state index is -0.447. The van der Waals surface area contributed by atoms with Crippen LogP contribution in [0.3, 0.4) is 0 Å². The van der Waals surface area contributed by atoms with Crippen molar-refractivity contribution in [3.8, 4) is 12.1 Å². The van der Waals surface area contributed by atoms with Crippen LogP contribution in [0.25, 0.3) is 0 Å². The summed E-state index contributed by atoms with van der Waals surface area (Å²) in [7, 11) is 0. The molecule has 21 heavy (non-hydrogen) atoms. The highest BCUT2D eigenvalue weighted by atomic mass is 16.6. The fourth-order valence-corrected chi connectivity index (χ4v) is 1.78. The van der Waals surface area contributed by atoms with Gasteiger partial charge in [-0.3, -0.25) is 10.1 Å². The molecule has 0 saturated carbocycles. The third-order valence-corrected chi connectivity index (χ3v) is 2.90. The molecule has 0 bridgehead atoms. The molecule has 0 spiro atoms. The summed E-state index contributed by atoms with van der Waals surface area (Å²) < 4.78 is 0. The molecule has 0 aromatic heterocycles. The Balaban J connectivity index is 2.08. The molecule has 2 aromatic carbocycles. The maximum Gasteiger partial charge on any atom is 0.269 e. The molecule has 102 valence electrons. The van der Waals surface area contributed by atoms with Crippen LogP contribution in [-0.2, 0) is 6.54 Å². The number of nitriles is 2. The number of non-ortho nitro benzene ring substituents is 1. The van der Waals surface area contributed by atoms with Crippen molar-refractivity contribution in [3.05, 3.63) is 69.3 Å². The summed E-state index contributed by atoms with van der Waals surface area (Å²) in [5.41, 5.74) is 2.28. The highest BCUT2D eigenvalue weighted by Crippen LogP contribution is 2.17. The second-order valence-corrected chi connectivity index (χ2v) is 4.26. The van der Waals surface area contributed by atoms with Crippen LogP contribution in [0.4, 0.5) is 11.4 Å². The summed E-state index contributed by atoms with van der Waals surface area (Å²) in [6, 6.07) is 15.0. The highest BCUT2D eigenvalue weighted by molar-refractivity contribution is 5.56. The van der Waals surface area contributed by atoms with Crippen molar-refractivity contribution >= 4 is 11.4 Å². The minimum Gasteiger partial charge on any atom is -0.381 e. The molecule has 2 rings (SSSR count). The van der Waals surface area contributed by atoms with E-state index in [2.05, 4.69) is 5.32 Å². The van der Waals surface area contributed by atoms with Crippen molar-refractivity contribution in [3.63, 3.8) is 0 Å². The van der Waals surface area contributed by atoms with E-state index < -0.39 is 4.92 Å². The van der Waals surface area contributed by atoms with E-state index in [4.69, 9.17) is 10.5 Å². The van der Waals surface area contributed by atoms with Crippen LogP contribution in [-0.4, -0.2) is 4.92 Å². The summed E-state index contributed by atoms with van der Waals surface area (Å²) in [4.78, 5) is 10.1. The molecule has 0 unspecified atom stereocenters. The van der Waals surface area contributed by atoms with E-state index in [0.717, 1.165) is 5.56 Å². The molecule has 0 aliphatic carbocycles. The van der Waals surface area contributed by atoms with E-state index in [1.165, 1.54) is 12.1 Å². The Morgan fingerprint density at radius 1 is 1.05 bits per heavy atom. The molecular weight excluding hydrogens is 268 g/mol. The van der Waals surface area contributed by atoms with E-state index in [1.807, 2.05) is 12.1 Å². The van der Waals surface area contributed by atoms with Gasteiger partial charge in [0.25, 0.3) is 5.69 Å². The zero-order valence-corrected chi connectivity index (χ0v) is 10.9. The molecule has 0 radical (unpaired) electrons. The van der Waals surface area contributed by atoms with Gasteiger partial charge in [-0.05, 0) is 23.8 Å². The van der Waals surface area contributed by atoms with Crippen molar-refractivity contribution in [2.24, 2.45) is 0 Å². The fraction of sp³-hybridized carbons (Fsp3) is 0.0667. The van der Waals surface area contributed by atoms with Crippen LogP contribution >= 0.6 is 0 Å². The van der Waals surface area contributed by atoms with Gasteiger partial charge in [0.2, 0.25) is 0 Å². The van der Waals surface area contributed by atoms with Gasteiger partial charge in [-0.1, -0.05) is 12.1 Å². The summed E-state index contributed by atoms with van der Waals surface area (Å²) in [6.07, 6.45) is 0. The van der Waals surface area contributed by atoms with Crippen LogP contribution in [0, 0.1) is 32.8 Å². The topological polar surface area (TPSA) is 103 Å². The predicted octanol–water partition coefficient (Wildman–Crippen LogP) is 2.95. The summed E-state index contributed by atoms with van der Waals surface area (Å²) >= 11 is 0. The molecule has 0 fully saturated rings. The number of benzene rings is 2. The first-order chi connectivity index (χ1) is 10.1. The van der Waals surface area contributed by atoms with Gasteiger partial charge < -0.3 is 5.32 Å². The SMILES string of the molecule is N#Cc1ccc(NCc2ccc([N+](=O)[O-])cc2)cc1C#N. The third kappa shape index (κ3) is 3.34. The molecule has 0 aliphatic heterocycles. The smallest absolute Gasteiger partial charge is 0.269 e. The first-order valence-electron chi connectivity index (χ1n) is 6.05. The van der Waals surface area contributed by atoms with Crippen molar-refractivity contribution < 1.29 is 4.92 Å². The first-order valence-corrected chi connectivity index (χ1v) is 6.05. The number of nitrogens with one attached hydrogen (secondary N) is 1. The van der Waals surface area contributed by atoms with E-state index in [1.54, 1.807) is 30.3 Å². The van der Waals surface area contributed by atoms with Crippen LogP contribution in [0.2, 0.25) is 0 Å². The molecule has 6 nitrogen and oxygen atoms in total. The molecule has 0 heterocycles. The molecular formula is C15H10N4O2. The van der Waals surface area contributed by atoms with Crippen LogP contribution in [0.15, 0.2) is 42.5 Å². The molecule has 0 atom stereocenters. The highest BCUT2D eigenvalue weighted by Gasteiger charge is 2.05. The standard InChI is InChI=1S/C15H10N4O2/c16-8-12-3-4-14(7-13(12)9-17)18-10-11-1-5-15(6-2-11)19(20)21/h1-7,18H,10H2. The lowest BCUT2D eigenvalue weighted by Crippen LogP contribution is -2.00. The minimum absolute atomic E-state index is 0.0453. The average molecular weight is 278 g/mol. The molecule has 6 heteroatoms. The Morgan fingerprint density at radius 2 is 1.71 bits per heavy atom. The number of rotatable bonds is 4. The normalized spacial score (nSPS) is 9.43. The second-order valence-electron chi connectivity index (χ2n) is 4.26. The van der Waals surface area contributed by atoms with Gasteiger partial charge in [-0.2, -0.15) is 10.5 Å². The van der Waals surface area contributed by atoms with Crippen LogP contribution < -0.4 is 5.32 Å². The van der Waals surface area contributed by atoms with Gasteiger partial charge in [-0.25, -0.2) is 0 Å². The Labute approximate surface area is 121 Å².